The Bertz CT molecular complexity index is 248. The Morgan fingerprint density at radius 2 is 2.12 bits per heavy atom. The molecule has 0 fully saturated rings. The van der Waals surface area contributed by atoms with Gasteiger partial charge >= 0.3 is 0 Å². The minimum atomic E-state index is 0.262. The lowest BCUT2D eigenvalue weighted by atomic mass is 10.2. The molecule has 0 unspecified atom stereocenters. The van der Waals surface area contributed by atoms with Gasteiger partial charge in [0.2, 0.25) is 0 Å². The summed E-state index contributed by atoms with van der Waals surface area (Å²) in [5, 5.41) is 13.3. The lowest BCUT2D eigenvalue weighted by Crippen LogP contribution is -2.27. The first-order chi connectivity index (χ1) is 7.86. The van der Waals surface area contributed by atoms with Crippen molar-refractivity contribution in [2.75, 3.05) is 19.7 Å². The highest BCUT2D eigenvalue weighted by Crippen LogP contribution is 2.10. The molecule has 1 aromatic rings. The maximum Gasteiger partial charge on any atom is 0.0558 e. The summed E-state index contributed by atoms with van der Waals surface area (Å²) in [5.74, 6) is 0. The minimum Gasteiger partial charge on any atom is -0.395 e. The average molecular weight is 241 g/mol. The number of aliphatic hydroxyl groups is 1. The zero-order chi connectivity index (χ0) is 11.6. The van der Waals surface area contributed by atoms with E-state index in [0.717, 1.165) is 19.6 Å². The predicted octanol–water partition coefficient (Wildman–Crippen LogP) is 3.12. The highest BCUT2D eigenvalue weighted by atomic mass is 32.1. The smallest absolute Gasteiger partial charge is 0.0558 e. The molecule has 3 heteroatoms. The van der Waals surface area contributed by atoms with Crippen molar-refractivity contribution in [3.8, 4) is 0 Å². The SMILES string of the molecule is CCCCCCN(CCO)Cc1ccsc1. The number of nitrogens with zero attached hydrogens (tertiary/aromatic N) is 1. The first-order valence-corrected chi connectivity index (χ1v) is 7.15. The second-order valence-electron chi connectivity index (χ2n) is 4.19. The van der Waals surface area contributed by atoms with Gasteiger partial charge in [0.15, 0.2) is 0 Å². The number of unbranched alkanes of at least 4 members (excludes halogenated alkanes) is 3. The van der Waals surface area contributed by atoms with E-state index >= 15 is 0 Å². The molecule has 1 rings (SSSR count). The van der Waals surface area contributed by atoms with Crippen molar-refractivity contribution in [3.63, 3.8) is 0 Å². The highest BCUT2D eigenvalue weighted by Gasteiger charge is 2.05. The van der Waals surface area contributed by atoms with Gasteiger partial charge in [-0.15, -0.1) is 0 Å². The molecule has 0 atom stereocenters. The number of hydrogen-bond donors (Lipinski definition) is 1. The summed E-state index contributed by atoms with van der Waals surface area (Å²) < 4.78 is 0. The van der Waals surface area contributed by atoms with Gasteiger partial charge in [0.1, 0.15) is 0 Å². The molecule has 0 amide bonds. The molecule has 0 saturated carbocycles. The Labute approximate surface area is 103 Å². The van der Waals surface area contributed by atoms with Crippen LogP contribution < -0.4 is 0 Å². The van der Waals surface area contributed by atoms with Crippen molar-refractivity contribution in [1.29, 1.82) is 0 Å². The van der Waals surface area contributed by atoms with Crippen LogP contribution in [-0.2, 0) is 6.54 Å². The number of aliphatic hydroxyl groups excluding tert-OH is 1. The quantitative estimate of drug-likeness (QED) is 0.671. The first kappa shape index (κ1) is 13.7. The zero-order valence-electron chi connectivity index (χ0n) is 10.2. The van der Waals surface area contributed by atoms with E-state index in [1.165, 1.54) is 31.2 Å². The fourth-order valence-electron chi connectivity index (χ4n) is 1.81. The van der Waals surface area contributed by atoms with Crippen LogP contribution in [0.3, 0.4) is 0 Å². The van der Waals surface area contributed by atoms with Crippen LogP contribution in [0.15, 0.2) is 16.8 Å². The molecule has 0 aliphatic carbocycles. The van der Waals surface area contributed by atoms with Crippen LogP contribution in [0.2, 0.25) is 0 Å². The van der Waals surface area contributed by atoms with Gasteiger partial charge in [-0.25, -0.2) is 0 Å². The molecule has 1 aromatic heterocycles. The lowest BCUT2D eigenvalue weighted by molar-refractivity contribution is 0.187. The van der Waals surface area contributed by atoms with Crippen LogP contribution >= 0.6 is 11.3 Å². The lowest BCUT2D eigenvalue weighted by Gasteiger charge is -2.20. The molecular weight excluding hydrogens is 218 g/mol. The monoisotopic (exact) mass is 241 g/mol. The van der Waals surface area contributed by atoms with Gasteiger partial charge in [-0.2, -0.15) is 11.3 Å². The van der Waals surface area contributed by atoms with Crippen molar-refractivity contribution in [1.82, 2.24) is 4.90 Å². The Morgan fingerprint density at radius 1 is 1.25 bits per heavy atom. The molecule has 1 heterocycles. The minimum absolute atomic E-state index is 0.262. The van der Waals surface area contributed by atoms with E-state index in [-0.39, 0.29) is 6.61 Å². The topological polar surface area (TPSA) is 23.5 Å². The van der Waals surface area contributed by atoms with Crippen LogP contribution in [0.1, 0.15) is 38.2 Å². The van der Waals surface area contributed by atoms with E-state index in [2.05, 4.69) is 28.7 Å². The summed E-state index contributed by atoms with van der Waals surface area (Å²) in [6, 6.07) is 2.17. The summed E-state index contributed by atoms with van der Waals surface area (Å²) in [5.41, 5.74) is 1.37. The van der Waals surface area contributed by atoms with Crippen LogP contribution in [0.25, 0.3) is 0 Å². The van der Waals surface area contributed by atoms with Gasteiger partial charge < -0.3 is 5.11 Å². The summed E-state index contributed by atoms with van der Waals surface area (Å²) >= 11 is 1.74. The third kappa shape index (κ3) is 5.64. The molecule has 0 saturated heterocycles. The van der Waals surface area contributed by atoms with E-state index in [1.54, 1.807) is 11.3 Å². The Balaban J connectivity index is 2.24. The van der Waals surface area contributed by atoms with Crippen molar-refractivity contribution in [2.24, 2.45) is 0 Å². The standard InChI is InChI=1S/C13H23NOS/c1-2-3-4-5-7-14(8-9-15)11-13-6-10-16-12-13/h6,10,12,15H,2-5,7-9,11H2,1H3. The van der Waals surface area contributed by atoms with Gasteiger partial charge in [-0.1, -0.05) is 26.2 Å². The molecule has 2 nitrogen and oxygen atoms in total. The van der Waals surface area contributed by atoms with Crippen LogP contribution in [0.5, 0.6) is 0 Å². The average Bonchev–Trinajstić information content (AvgIpc) is 2.77. The third-order valence-corrected chi connectivity index (χ3v) is 3.46. The molecule has 0 aliphatic rings. The molecular formula is C13H23NOS. The van der Waals surface area contributed by atoms with E-state index in [4.69, 9.17) is 5.11 Å². The largest absolute Gasteiger partial charge is 0.395 e. The third-order valence-electron chi connectivity index (χ3n) is 2.73. The normalized spacial score (nSPS) is 11.2. The maximum absolute atomic E-state index is 9.03. The number of hydrogen-bond acceptors (Lipinski definition) is 3. The van der Waals surface area contributed by atoms with Crippen LogP contribution in [0.4, 0.5) is 0 Å². The molecule has 0 aromatic carbocycles. The van der Waals surface area contributed by atoms with Gasteiger partial charge in [0.25, 0.3) is 0 Å². The molecule has 1 N–H and O–H groups in total. The first-order valence-electron chi connectivity index (χ1n) is 6.21. The van der Waals surface area contributed by atoms with Gasteiger partial charge in [-0.05, 0) is 35.4 Å². The zero-order valence-corrected chi connectivity index (χ0v) is 11.0. The predicted molar refractivity (Wildman–Crippen MR) is 70.8 cm³/mol. The molecule has 92 valence electrons. The summed E-state index contributed by atoms with van der Waals surface area (Å²) in [4.78, 5) is 2.34. The Morgan fingerprint density at radius 3 is 2.75 bits per heavy atom. The summed E-state index contributed by atoms with van der Waals surface area (Å²) in [6.07, 6.45) is 5.16. The number of rotatable bonds is 9. The van der Waals surface area contributed by atoms with E-state index in [9.17, 15) is 0 Å². The summed E-state index contributed by atoms with van der Waals surface area (Å²) in [6.45, 7) is 5.38. The van der Waals surface area contributed by atoms with Crippen LogP contribution in [-0.4, -0.2) is 29.7 Å². The van der Waals surface area contributed by atoms with Crippen molar-refractivity contribution in [3.05, 3.63) is 22.4 Å². The maximum atomic E-state index is 9.03. The van der Waals surface area contributed by atoms with E-state index < -0.39 is 0 Å². The van der Waals surface area contributed by atoms with Crippen molar-refractivity contribution in [2.45, 2.75) is 39.2 Å². The molecule has 0 bridgehead atoms. The summed E-state index contributed by atoms with van der Waals surface area (Å²) in [7, 11) is 0. The molecule has 0 aliphatic heterocycles. The second-order valence-corrected chi connectivity index (χ2v) is 4.97. The fourth-order valence-corrected chi connectivity index (χ4v) is 2.47. The number of thiophene rings is 1. The van der Waals surface area contributed by atoms with Crippen molar-refractivity contribution < 1.29 is 5.11 Å². The Kier molecular flexibility index (Phi) is 7.47. The van der Waals surface area contributed by atoms with Gasteiger partial charge in [0.05, 0.1) is 6.61 Å². The Hall–Kier alpha value is -0.380. The van der Waals surface area contributed by atoms with Crippen molar-refractivity contribution >= 4 is 11.3 Å². The fraction of sp³-hybridized carbons (Fsp3) is 0.692. The molecule has 0 radical (unpaired) electrons. The van der Waals surface area contributed by atoms with Gasteiger partial charge in [0, 0.05) is 13.1 Å². The van der Waals surface area contributed by atoms with Crippen LogP contribution in [0, 0.1) is 0 Å². The highest BCUT2D eigenvalue weighted by molar-refractivity contribution is 7.07. The van der Waals surface area contributed by atoms with Gasteiger partial charge in [-0.3, -0.25) is 4.90 Å². The van der Waals surface area contributed by atoms with E-state index in [1.807, 2.05) is 0 Å². The molecule has 16 heavy (non-hydrogen) atoms. The second kappa shape index (κ2) is 8.74. The molecule has 0 spiro atoms. The van der Waals surface area contributed by atoms with E-state index in [0.29, 0.717) is 0 Å².